The van der Waals surface area contributed by atoms with Gasteiger partial charge in [-0.3, -0.25) is 0 Å². The van der Waals surface area contributed by atoms with E-state index in [1.807, 2.05) is 26.8 Å². The molecule has 0 aromatic heterocycles. The Kier molecular flexibility index (Phi) is 6.04. The Morgan fingerprint density at radius 2 is 2.08 bits per heavy atom. The Hall–Kier alpha value is -0.310. The molecule has 3 heteroatoms. The lowest BCUT2D eigenvalue weighted by atomic mass is 10.2. The van der Waals surface area contributed by atoms with E-state index in [0.717, 1.165) is 18.2 Å². The zero-order chi connectivity index (χ0) is 10.3. The number of carbonyl (C=O) groups excluding carboxylic acids is 1. The molecule has 0 N–H and O–H groups in total. The molecule has 0 rings (SSSR count). The molecule has 76 valence electrons. The molecule has 0 amide bonds. The van der Waals surface area contributed by atoms with Crippen molar-refractivity contribution < 1.29 is 9.53 Å². The number of carbonyl (C=O) groups is 1. The van der Waals surface area contributed by atoms with Gasteiger partial charge in [0.15, 0.2) is 0 Å². The molecule has 0 unspecified atom stereocenters. The SMILES string of the molecule is CC(C)(C)OC(=O)/C=C/CCCBr. The number of ether oxygens (including phenoxy) is 1. The van der Waals surface area contributed by atoms with Crippen molar-refractivity contribution in [3.63, 3.8) is 0 Å². The third-order valence-corrected chi connectivity index (χ3v) is 1.73. The van der Waals surface area contributed by atoms with Gasteiger partial charge in [-0.1, -0.05) is 22.0 Å². The summed E-state index contributed by atoms with van der Waals surface area (Å²) in [6, 6.07) is 0. The molecule has 0 saturated heterocycles. The van der Waals surface area contributed by atoms with Crippen molar-refractivity contribution in [3.8, 4) is 0 Å². The Morgan fingerprint density at radius 3 is 2.54 bits per heavy atom. The lowest BCUT2D eigenvalue weighted by Crippen LogP contribution is -2.22. The van der Waals surface area contributed by atoms with Gasteiger partial charge in [0.25, 0.3) is 0 Å². The predicted octanol–water partition coefficient (Wildman–Crippen LogP) is 3.06. The number of allylic oxidation sites excluding steroid dienone is 1. The Labute approximate surface area is 88.5 Å². The molecule has 0 fully saturated rings. The van der Waals surface area contributed by atoms with Crippen LogP contribution in [0, 0.1) is 0 Å². The van der Waals surface area contributed by atoms with E-state index in [1.165, 1.54) is 6.08 Å². The van der Waals surface area contributed by atoms with Crippen molar-refractivity contribution in [1.29, 1.82) is 0 Å². The number of halogens is 1. The molecule has 0 aromatic rings. The molecule has 0 aliphatic carbocycles. The molecule has 0 bridgehead atoms. The van der Waals surface area contributed by atoms with Gasteiger partial charge in [-0.05, 0) is 33.6 Å². The van der Waals surface area contributed by atoms with Gasteiger partial charge in [0.2, 0.25) is 0 Å². The molecule has 0 heterocycles. The summed E-state index contributed by atoms with van der Waals surface area (Å²) in [6.07, 6.45) is 5.28. The zero-order valence-electron chi connectivity index (χ0n) is 8.47. The highest BCUT2D eigenvalue weighted by Gasteiger charge is 2.13. The minimum Gasteiger partial charge on any atom is -0.457 e. The van der Waals surface area contributed by atoms with Gasteiger partial charge in [0.05, 0.1) is 0 Å². The van der Waals surface area contributed by atoms with Crippen LogP contribution in [0.15, 0.2) is 12.2 Å². The number of esters is 1. The number of rotatable bonds is 4. The summed E-state index contributed by atoms with van der Waals surface area (Å²) in [6.45, 7) is 5.58. The van der Waals surface area contributed by atoms with Crippen molar-refractivity contribution in [2.75, 3.05) is 5.33 Å². The summed E-state index contributed by atoms with van der Waals surface area (Å²) in [5, 5.41) is 0.964. The third-order valence-electron chi connectivity index (χ3n) is 1.17. The highest BCUT2D eigenvalue weighted by Crippen LogP contribution is 2.07. The Balaban J connectivity index is 3.68. The minimum absolute atomic E-state index is 0.262. The van der Waals surface area contributed by atoms with Crippen LogP contribution >= 0.6 is 15.9 Å². The van der Waals surface area contributed by atoms with Crippen molar-refractivity contribution in [2.24, 2.45) is 0 Å². The van der Waals surface area contributed by atoms with Crippen LogP contribution in [-0.2, 0) is 9.53 Å². The fourth-order valence-electron chi connectivity index (χ4n) is 0.710. The van der Waals surface area contributed by atoms with Crippen LogP contribution in [0.2, 0.25) is 0 Å². The molecule has 0 aromatic carbocycles. The Bertz CT molecular complexity index is 180. The summed E-state index contributed by atoms with van der Waals surface area (Å²) >= 11 is 3.32. The van der Waals surface area contributed by atoms with Crippen LogP contribution in [0.25, 0.3) is 0 Å². The molecule has 2 nitrogen and oxygen atoms in total. The first-order valence-electron chi connectivity index (χ1n) is 4.41. The van der Waals surface area contributed by atoms with Crippen LogP contribution in [0.5, 0.6) is 0 Å². The molecule has 0 atom stereocenters. The highest BCUT2D eigenvalue weighted by atomic mass is 79.9. The quantitative estimate of drug-likeness (QED) is 0.331. The molecule has 0 aliphatic heterocycles. The average Bonchev–Trinajstić information content (AvgIpc) is 1.94. The van der Waals surface area contributed by atoms with Crippen LogP contribution < -0.4 is 0 Å². The van der Waals surface area contributed by atoms with Crippen molar-refractivity contribution >= 4 is 21.9 Å². The summed E-state index contributed by atoms with van der Waals surface area (Å²) in [5.74, 6) is -0.262. The van der Waals surface area contributed by atoms with Crippen molar-refractivity contribution in [1.82, 2.24) is 0 Å². The molecule has 13 heavy (non-hydrogen) atoms. The summed E-state index contributed by atoms with van der Waals surface area (Å²) in [5.41, 5.74) is -0.392. The number of hydrogen-bond acceptors (Lipinski definition) is 2. The molecule has 0 spiro atoms. The molecule has 0 radical (unpaired) electrons. The number of hydrogen-bond donors (Lipinski definition) is 0. The van der Waals surface area contributed by atoms with E-state index in [4.69, 9.17) is 4.74 Å². The molecule has 0 aliphatic rings. The lowest BCUT2D eigenvalue weighted by molar-refractivity contribution is -0.148. The lowest BCUT2D eigenvalue weighted by Gasteiger charge is -2.17. The van der Waals surface area contributed by atoms with Gasteiger partial charge in [-0.25, -0.2) is 4.79 Å². The van der Waals surface area contributed by atoms with Crippen LogP contribution in [0.4, 0.5) is 0 Å². The molecular weight excluding hydrogens is 232 g/mol. The van der Waals surface area contributed by atoms with Gasteiger partial charge in [-0.15, -0.1) is 0 Å². The van der Waals surface area contributed by atoms with Crippen molar-refractivity contribution in [2.45, 2.75) is 39.2 Å². The second-order valence-electron chi connectivity index (χ2n) is 3.77. The number of alkyl halides is 1. The van der Waals surface area contributed by atoms with Gasteiger partial charge in [0.1, 0.15) is 5.60 Å². The zero-order valence-corrected chi connectivity index (χ0v) is 10.1. The third kappa shape index (κ3) is 9.61. The van der Waals surface area contributed by atoms with E-state index >= 15 is 0 Å². The van der Waals surface area contributed by atoms with Crippen molar-refractivity contribution in [3.05, 3.63) is 12.2 Å². The topological polar surface area (TPSA) is 26.3 Å². The van der Waals surface area contributed by atoms with E-state index in [0.29, 0.717) is 0 Å². The fourth-order valence-corrected chi connectivity index (χ4v) is 1.03. The fraction of sp³-hybridized carbons (Fsp3) is 0.700. The smallest absolute Gasteiger partial charge is 0.330 e. The predicted molar refractivity (Wildman–Crippen MR) is 58.0 cm³/mol. The van der Waals surface area contributed by atoms with Gasteiger partial charge < -0.3 is 4.74 Å². The van der Waals surface area contributed by atoms with Gasteiger partial charge in [-0.2, -0.15) is 0 Å². The largest absolute Gasteiger partial charge is 0.457 e. The first-order valence-corrected chi connectivity index (χ1v) is 5.53. The van der Waals surface area contributed by atoms with E-state index in [9.17, 15) is 4.79 Å². The maximum absolute atomic E-state index is 11.1. The normalized spacial score (nSPS) is 12.0. The monoisotopic (exact) mass is 248 g/mol. The van der Waals surface area contributed by atoms with Gasteiger partial charge in [0, 0.05) is 11.4 Å². The molecule has 0 saturated carbocycles. The summed E-state index contributed by atoms with van der Waals surface area (Å²) in [4.78, 5) is 11.1. The van der Waals surface area contributed by atoms with Gasteiger partial charge >= 0.3 is 5.97 Å². The standard InChI is InChI=1S/C10H17BrO2/c1-10(2,3)13-9(12)7-5-4-6-8-11/h5,7H,4,6,8H2,1-3H3/b7-5+. The first-order chi connectivity index (χ1) is 5.95. The minimum atomic E-state index is -0.392. The highest BCUT2D eigenvalue weighted by molar-refractivity contribution is 9.09. The second-order valence-corrected chi connectivity index (χ2v) is 4.56. The average molecular weight is 249 g/mol. The summed E-state index contributed by atoms with van der Waals surface area (Å²) < 4.78 is 5.08. The number of unbranched alkanes of at least 4 members (excludes halogenated alkanes) is 1. The maximum atomic E-state index is 11.1. The van der Waals surface area contributed by atoms with Crippen LogP contribution in [-0.4, -0.2) is 16.9 Å². The van der Waals surface area contributed by atoms with E-state index in [-0.39, 0.29) is 5.97 Å². The Morgan fingerprint density at radius 1 is 1.46 bits per heavy atom. The van der Waals surface area contributed by atoms with E-state index < -0.39 is 5.60 Å². The first kappa shape index (κ1) is 12.7. The van der Waals surface area contributed by atoms with E-state index in [2.05, 4.69) is 15.9 Å². The second kappa shape index (κ2) is 6.19. The van der Waals surface area contributed by atoms with Crippen LogP contribution in [0.3, 0.4) is 0 Å². The van der Waals surface area contributed by atoms with Crippen LogP contribution in [0.1, 0.15) is 33.6 Å². The molecular formula is C10H17BrO2. The maximum Gasteiger partial charge on any atom is 0.330 e. The van der Waals surface area contributed by atoms with E-state index in [1.54, 1.807) is 0 Å². The summed E-state index contributed by atoms with van der Waals surface area (Å²) in [7, 11) is 0.